The number of nitrogens with zero attached hydrogens (tertiary/aromatic N) is 1. The number of thioether (sulfide) groups is 2. The van der Waals surface area contributed by atoms with E-state index in [2.05, 4.69) is 4.99 Å². The molecule has 0 N–H and O–H groups in total. The van der Waals surface area contributed by atoms with Crippen molar-refractivity contribution >= 4 is 56.7 Å². The van der Waals surface area contributed by atoms with Crippen molar-refractivity contribution in [2.24, 2.45) is 4.99 Å². The van der Waals surface area contributed by atoms with E-state index in [9.17, 15) is 9.59 Å². The lowest BCUT2D eigenvalue weighted by Gasteiger charge is -2.04. The van der Waals surface area contributed by atoms with Crippen molar-refractivity contribution in [1.82, 2.24) is 0 Å². The van der Waals surface area contributed by atoms with Gasteiger partial charge in [0.05, 0.1) is 5.02 Å². The maximum Gasteiger partial charge on any atom is 0.308 e. The molecule has 21 heavy (non-hydrogen) atoms. The lowest BCUT2D eigenvalue weighted by atomic mass is 10.2. The van der Waals surface area contributed by atoms with Crippen molar-refractivity contribution in [3.8, 4) is 5.75 Å². The largest absolute Gasteiger partial charge is 0.425 e. The van der Waals surface area contributed by atoms with E-state index in [0.29, 0.717) is 16.5 Å². The Kier molecular flexibility index (Phi) is 5.50. The predicted molar refractivity (Wildman–Crippen MR) is 88.9 cm³/mol. The van der Waals surface area contributed by atoms with Gasteiger partial charge in [0, 0.05) is 6.92 Å². The van der Waals surface area contributed by atoms with Crippen molar-refractivity contribution in [2.75, 3.05) is 5.75 Å². The van der Waals surface area contributed by atoms with Gasteiger partial charge in [-0.25, -0.2) is 4.99 Å². The monoisotopic (exact) mass is 341 g/mol. The number of benzene rings is 1. The summed E-state index contributed by atoms with van der Waals surface area (Å²) in [6.45, 7) is 3.32. The fraction of sp³-hybridized carbons (Fsp3) is 0.214. The molecule has 1 aromatic rings. The standard InChI is InChI=1S/C14H12ClNO3S2/c1-3-20-14-16-11(13(18)21-14)7-9-4-5-12(10(15)6-9)19-8(2)17/h4-7H,3H2,1-2H3. The number of aliphatic imine (C=N–C) groups is 1. The van der Waals surface area contributed by atoms with Crippen LogP contribution in [0.1, 0.15) is 19.4 Å². The maximum absolute atomic E-state index is 11.8. The molecule has 0 aromatic heterocycles. The SMILES string of the molecule is CCSC1=NC(=Cc2ccc(OC(C)=O)c(Cl)c2)C(=O)S1. The minimum atomic E-state index is -0.434. The molecule has 2 rings (SSSR count). The molecule has 1 aliphatic heterocycles. The molecule has 0 fully saturated rings. The van der Waals surface area contributed by atoms with Gasteiger partial charge in [-0.15, -0.1) is 0 Å². The highest BCUT2D eigenvalue weighted by molar-refractivity contribution is 8.45. The van der Waals surface area contributed by atoms with E-state index in [0.717, 1.165) is 27.5 Å². The van der Waals surface area contributed by atoms with Crippen LogP contribution in [-0.4, -0.2) is 21.2 Å². The van der Waals surface area contributed by atoms with Crippen molar-refractivity contribution in [2.45, 2.75) is 13.8 Å². The second-order valence-corrected chi connectivity index (χ2v) is 6.89. The summed E-state index contributed by atoms with van der Waals surface area (Å²) in [4.78, 5) is 27.0. The van der Waals surface area contributed by atoms with Gasteiger partial charge >= 0.3 is 5.97 Å². The van der Waals surface area contributed by atoms with Gasteiger partial charge in [-0.2, -0.15) is 0 Å². The molecule has 7 heteroatoms. The Morgan fingerprint density at radius 1 is 1.52 bits per heavy atom. The first kappa shape index (κ1) is 16.1. The van der Waals surface area contributed by atoms with Gasteiger partial charge in [-0.05, 0) is 41.3 Å². The fourth-order valence-corrected chi connectivity index (χ4v) is 3.54. The molecule has 4 nitrogen and oxygen atoms in total. The van der Waals surface area contributed by atoms with E-state index in [1.165, 1.54) is 18.7 Å². The predicted octanol–water partition coefficient (Wildman–Crippen LogP) is 3.99. The van der Waals surface area contributed by atoms with Crippen molar-refractivity contribution in [1.29, 1.82) is 0 Å². The first-order valence-corrected chi connectivity index (χ1v) is 8.31. The third kappa shape index (κ3) is 4.36. The lowest BCUT2D eigenvalue weighted by molar-refractivity contribution is -0.131. The summed E-state index contributed by atoms with van der Waals surface area (Å²) in [5, 5.41) is 0.232. The minimum absolute atomic E-state index is 0.0777. The number of halogens is 1. The summed E-state index contributed by atoms with van der Waals surface area (Å²) in [5.74, 6) is 0.732. The van der Waals surface area contributed by atoms with Crippen LogP contribution in [0.25, 0.3) is 6.08 Å². The Hall–Kier alpha value is -1.24. The van der Waals surface area contributed by atoms with E-state index in [1.54, 1.807) is 24.3 Å². The normalized spacial score (nSPS) is 16.2. The lowest BCUT2D eigenvalue weighted by Crippen LogP contribution is -2.01. The highest BCUT2D eigenvalue weighted by Gasteiger charge is 2.22. The number of carbonyl (C=O) groups excluding carboxylic acids is 2. The molecule has 0 bridgehead atoms. The molecule has 0 spiro atoms. The third-order valence-corrected chi connectivity index (χ3v) is 4.57. The zero-order valence-electron chi connectivity index (χ0n) is 11.4. The van der Waals surface area contributed by atoms with E-state index < -0.39 is 5.97 Å². The maximum atomic E-state index is 11.8. The van der Waals surface area contributed by atoms with Crippen molar-refractivity contribution in [3.63, 3.8) is 0 Å². The number of carbonyl (C=O) groups is 2. The van der Waals surface area contributed by atoms with Crippen LogP contribution in [-0.2, 0) is 9.59 Å². The fourth-order valence-electron chi connectivity index (χ4n) is 1.58. The summed E-state index contributed by atoms with van der Waals surface area (Å²) in [6, 6.07) is 4.94. The van der Waals surface area contributed by atoms with Gasteiger partial charge in [0.1, 0.15) is 15.8 Å². The molecular formula is C14H12ClNO3S2. The van der Waals surface area contributed by atoms with E-state index in [1.807, 2.05) is 6.92 Å². The Bertz CT molecular complexity index is 656. The smallest absolute Gasteiger partial charge is 0.308 e. The highest BCUT2D eigenvalue weighted by Crippen LogP contribution is 2.32. The van der Waals surface area contributed by atoms with Crippen LogP contribution >= 0.6 is 35.1 Å². The zero-order chi connectivity index (χ0) is 15.4. The Labute approximate surface area is 136 Å². The summed E-state index contributed by atoms with van der Waals surface area (Å²) in [5.41, 5.74) is 1.12. The molecular weight excluding hydrogens is 330 g/mol. The molecule has 110 valence electrons. The van der Waals surface area contributed by atoms with Crippen LogP contribution in [0, 0.1) is 0 Å². The van der Waals surface area contributed by atoms with E-state index >= 15 is 0 Å². The first-order valence-electron chi connectivity index (χ1n) is 6.13. The number of rotatable bonds is 3. The molecule has 1 heterocycles. The molecule has 0 unspecified atom stereocenters. The van der Waals surface area contributed by atoms with Gasteiger partial charge < -0.3 is 4.74 Å². The zero-order valence-corrected chi connectivity index (χ0v) is 13.8. The van der Waals surface area contributed by atoms with Gasteiger partial charge in [0.15, 0.2) is 0 Å². The van der Waals surface area contributed by atoms with Crippen LogP contribution in [0.3, 0.4) is 0 Å². The van der Waals surface area contributed by atoms with Crippen LogP contribution in [0.2, 0.25) is 5.02 Å². The summed E-state index contributed by atoms with van der Waals surface area (Å²) in [6.07, 6.45) is 1.67. The summed E-state index contributed by atoms with van der Waals surface area (Å²) in [7, 11) is 0. The van der Waals surface area contributed by atoms with Crippen molar-refractivity contribution in [3.05, 3.63) is 34.5 Å². The molecule has 0 radical (unpaired) electrons. The van der Waals surface area contributed by atoms with Gasteiger partial charge in [-0.3, -0.25) is 9.59 Å². The number of hydrogen-bond donors (Lipinski definition) is 0. The molecule has 0 atom stereocenters. The molecule has 0 saturated carbocycles. The Morgan fingerprint density at radius 2 is 2.29 bits per heavy atom. The van der Waals surface area contributed by atoms with Gasteiger partial charge in [-0.1, -0.05) is 36.4 Å². The number of ether oxygens (including phenoxy) is 1. The number of esters is 1. The first-order chi connectivity index (χ1) is 9.99. The van der Waals surface area contributed by atoms with E-state index in [-0.39, 0.29) is 5.12 Å². The molecule has 0 amide bonds. The minimum Gasteiger partial charge on any atom is -0.425 e. The van der Waals surface area contributed by atoms with Crippen LogP contribution in [0.5, 0.6) is 5.75 Å². The Morgan fingerprint density at radius 3 is 2.90 bits per heavy atom. The third-order valence-electron chi connectivity index (χ3n) is 2.38. The quantitative estimate of drug-likeness (QED) is 0.472. The second kappa shape index (κ2) is 7.15. The van der Waals surface area contributed by atoms with Crippen LogP contribution in [0.4, 0.5) is 0 Å². The second-order valence-electron chi connectivity index (χ2n) is 4.01. The molecule has 1 aliphatic rings. The van der Waals surface area contributed by atoms with Gasteiger partial charge in [0.25, 0.3) is 0 Å². The highest BCUT2D eigenvalue weighted by atomic mass is 35.5. The van der Waals surface area contributed by atoms with E-state index in [4.69, 9.17) is 16.3 Å². The topological polar surface area (TPSA) is 55.7 Å². The molecule has 0 aliphatic carbocycles. The average molecular weight is 342 g/mol. The summed E-state index contributed by atoms with van der Waals surface area (Å²) < 4.78 is 5.71. The molecule has 1 aromatic carbocycles. The van der Waals surface area contributed by atoms with Crippen molar-refractivity contribution < 1.29 is 14.3 Å². The van der Waals surface area contributed by atoms with Crippen LogP contribution in [0.15, 0.2) is 28.9 Å². The number of hydrogen-bond acceptors (Lipinski definition) is 6. The Balaban J connectivity index is 2.23. The summed E-state index contributed by atoms with van der Waals surface area (Å²) >= 11 is 8.71. The van der Waals surface area contributed by atoms with Gasteiger partial charge in [0.2, 0.25) is 5.12 Å². The van der Waals surface area contributed by atoms with Crippen LogP contribution < -0.4 is 4.74 Å². The average Bonchev–Trinajstić information content (AvgIpc) is 2.73. The molecule has 0 saturated heterocycles.